The predicted molar refractivity (Wildman–Crippen MR) is 31.2 cm³/mol. The van der Waals surface area contributed by atoms with E-state index in [-0.39, 0.29) is 5.69 Å². The minimum atomic E-state index is -0.510. The van der Waals surface area contributed by atoms with E-state index in [1.54, 1.807) is 0 Å². The molecule has 0 saturated carbocycles. The van der Waals surface area contributed by atoms with Crippen molar-refractivity contribution in [3.8, 4) is 0 Å². The topological polar surface area (TPSA) is 118 Å². The van der Waals surface area contributed by atoms with Crippen molar-refractivity contribution in [1.82, 2.24) is 10.2 Å². The highest BCUT2D eigenvalue weighted by Crippen LogP contribution is 2.02. The number of nitrogens with zero attached hydrogens (tertiary/aromatic N) is 2. The van der Waals surface area contributed by atoms with E-state index in [1.807, 2.05) is 0 Å². The van der Waals surface area contributed by atoms with Crippen LogP contribution < -0.4 is 5.90 Å². The molecular weight excluding hydrogens is 140 g/mol. The van der Waals surface area contributed by atoms with Gasteiger partial charge in [-0.25, -0.2) is 5.90 Å². The largest absolute Gasteiger partial charge is 0.320 e. The molecule has 1 aromatic heterocycles. The fourth-order valence-electron chi connectivity index (χ4n) is 0.344. The number of nitrogens with two attached hydrogens (primary N) is 1. The number of nitrogens with one attached hydrogen (secondary N) is 1. The van der Waals surface area contributed by atoms with Crippen molar-refractivity contribution in [1.29, 1.82) is 0 Å². The summed E-state index contributed by atoms with van der Waals surface area (Å²) in [6, 6.07) is 0. The summed E-state index contributed by atoms with van der Waals surface area (Å²) >= 11 is 0. The number of hydrogen-bond acceptors (Lipinski definition) is 5. The summed E-state index contributed by atoms with van der Waals surface area (Å²) in [6.07, 6.45) is 2.38. The molecule has 0 bridgehead atoms. The molecule has 0 aliphatic heterocycles. The van der Waals surface area contributed by atoms with Gasteiger partial charge in [0.25, 0.3) is 0 Å². The molecule has 0 atom stereocenters. The van der Waals surface area contributed by atoms with Gasteiger partial charge < -0.3 is 5.21 Å². The molecule has 1 heterocycles. The van der Waals surface area contributed by atoms with Crippen LogP contribution in [0.1, 0.15) is 0 Å². The third-order valence-corrected chi connectivity index (χ3v) is 0.695. The van der Waals surface area contributed by atoms with Crippen LogP contribution in [0.15, 0.2) is 12.4 Å². The van der Waals surface area contributed by atoms with Gasteiger partial charge >= 0.3 is 5.69 Å². The fourth-order valence-corrected chi connectivity index (χ4v) is 0.344. The standard InChI is InChI=1S/C3H3N3O2.H3NO/c7-6(8)3-1-4-5-2-3;1-2/h1-2H,(H,4,5);2H,1H2. The lowest BCUT2D eigenvalue weighted by molar-refractivity contribution is -0.384. The maximum absolute atomic E-state index is 9.81. The molecule has 0 saturated heterocycles. The molecular formula is C3H6N4O3. The van der Waals surface area contributed by atoms with Gasteiger partial charge in [-0.15, -0.1) is 0 Å². The number of rotatable bonds is 1. The van der Waals surface area contributed by atoms with Crippen LogP contribution in [0.3, 0.4) is 0 Å². The van der Waals surface area contributed by atoms with Gasteiger partial charge in [0, 0.05) is 0 Å². The molecule has 0 aliphatic carbocycles. The van der Waals surface area contributed by atoms with E-state index >= 15 is 0 Å². The molecule has 10 heavy (non-hydrogen) atoms. The van der Waals surface area contributed by atoms with E-state index < -0.39 is 4.92 Å². The van der Waals surface area contributed by atoms with Gasteiger partial charge in [0.2, 0.25) is 0 Å². The number of aromatic amines is 1. The van der Waals surface area contributed by atoms with E-state index in [9.17, 15) is 10.1 Å². The van der Waals surface area contributed by atoms with E-state index in [0.717, 1.165) is 6.20 Å². The highest BCUT2D eigenvalue weighted by molar-refractivity contribution is 5.19. The Morgan fingerprint density at radius 1 is 1.80 bits per heavy atom. The number of nitro groups is 1. The SMILES string of the molecule is NO.O=[N+]([O-])c1cn[nH]c1. The van der Waals surface area contributed by atoms with Crippen LogP contribution in [0.2, 0.25) is 0 Å². The Kier molecular flexibility index (Phi) is 3.76. The highest BCUT2D eigenvalue weighted by Gasteiger charge is 2.02. The molecule has 1 rings (SSSR count). The first-order chi connectivity index (χ1) is 4.80. The molecule has 0 fully saturated rings. The van der Waals surface area contributed by atoms with Crippen molar-refractivity contribution in [3.63, 3.8) is 0 Å². The molecule has 56 valence electrons. The van der Waals surface area contributed by atoms with Gasteiger partial charge in [0.1, 0.15) is 6.20 Å². The lowest BCUT2D eigenvalue weighted by atomic mass is 10.6. The summed E-state index contributed by atoms with van der Waals surface area (Å²) in [5.41, 5.74) is -0.00926. The van der Waals surface area contributed by atoms with Crippen LogP contribution in [-0.2, 0) is 0 Å². The molecule has 1 aromatic rings. The summed E-state index contributed by atoms with van der Waals surface area (Å²) in [7, 11) is 0. The zero-order valence-corrected chi connectivity index (χ0v) is 4.89. The average molecular weight is 146 g/mol. The van der Waals surface area contributed by atoms with Crippen LogP contribution >= 0.6 is 0 Å². The first-order valence-corrected chi connectivity index (χ1v) is 2.19. The molecule has 0 radical (unpaired) electrons. The van der Waals surface area contributed by atoms with Crippen molar-refractivity contribution in [3.05, 3.63) is 22.5 Å². The molecule has 0 spiro atoms. The quantitative estimate of drug-likeness (QED) is 0.369. The first-order valence-electron chi connectivity index (χ1n) is 2.19. The lowest BCUT2D eigenvalue weighted by Gasteiger charge is -1.75. The van der Waals surface area contributed by atoms with E-state index in [2.05, 4.69) is 16.1 Å². The van der Waals surface area contributed by atoms with Crippen LogP contribution in [-0.4, -0.2) is 20.3 Å². The Morgan fingerprint density at radius 3 is 2.60 bits per heavy atom. The predicted octanol–water partition coefficient (Wildman–Crippen LogP) is -0.348. The van der Waals surface area contributed by atoms with Gasteiger partial charge in [0.15, 0.2) is 0 Å². The minimum Gasteiger partial charge on any atom is -0.320 e. The normalized spacial score (nSPS) is 7.80. The van der Waals surface area contributed by atoms with Crippen molar-refractivity contribution in [2.45, 2.75) is 0 Å². The zero-order valence-electron chi connectivity index (χ0n) is 4.89. The number of aromatic nitrogens is 2. The second-order valence-electron chi connectivity index (χ2n) is 1.21. The minimum absolute atomic E-state index is 0.00926. The number of H-pyrrole nitrogens is 1. The van der Waals surface area contributed by atoms with Crippen molar-refractivity contribution in [2.24, 2.45) is 5.90 Å². The Bertz CT molecular complexity index is 184. The van der Waals surface area contributed by atoms with Gasteiger partial charge in [0.05, 0.1) is 11.1 Å². The molecule has 0 aromatic carbocycles. The molecule has 4 N–H and O–H groups in total. The summed E-state index contributed by atoms with van der Waals surface area (Å²) in [5.74, 6) is 3.50. The van der Waals surface area contributed by atoms with Crippen LogP contribution in [0, 0.1) is 10.1 Å². The third-order valence-electron chi connectivity index (χ3n) is 0.695. The van der Waals surface area contributed by atoms with Gasteiger partial charge in [-0.2, -0.15) is 5.10 Å². The number of hydrogen-bond donors (Lipinski definition) is 3. The Balaban J connectivity index is 0.000000371. The van der Waals surface area contributed by atoms with E-state index in [4.69, 9.17) is 5.21 Å². The summed E-state index contributed by atoms with van der Waals surface area (Å²) in [5, 5.41) is 22.0. The first kappa shape index (κ1) is 8.53. The van der Waals surface area contributed by atoms with Gasteiger partial charge in [-0.1, -0.05) is 0 Å². The van der Waals surface area contributed by atoms with Gasteiger partial charge in [-0.05, 0) is 0 Å². The molecule has 0 aliphatic rings. The molecule has 0 amide bonds. The molecule has 7 heteroatoms. The second-order valence-corrected chi connectivity index (χ2v) is 1.21. The Labute approximate surface area is 55.6 Å². The van der Waals surface area contributed by atoms with Crippen LogP contribution in [0.25, 0.3) is 0 Å². The van der Waals surface area contributed by atoms with Crippen molar-refractivity contribution >= 4 is 5.69 Å². The maximum Gasteiger partial charge on any atom is 0.306 e. The Morgan fingerprint density at radius 2 is 2.40 bits per heavy atom. The van der Waals surface area contributed by atoms with E-state index in [0.29, 0.717) is 0 Å². The monoisotopic (exact) mass is 146 g/mol. The average Bonchev–Trinajstić information content (AvgIpc) is 2.42. The van der Waals surface area contributed by atoms with Crippen LogP contribution in [0.4, 0.5) is 5.69 Å². The summed E-state index contributed by atoms with van der Waals surface area (Å²) in [6.45, 7) is 0. The van der Waals surface area contributed by atoms with Crippen molar-refractivity contribution < 1.29 is 10.1 Å². The smallest absolute Gasteiger partial charge is 0.306 e. The molecule has 7 nitrogen and oxygen atoms in total. The van der Waals surface area contributed by atoms with Crippen LogP contribution in [0.5, 0.6) is 0 Å². The zero-order chi connectivity index (χ0) is 7.98. The summed E-state index contributed by atoms with van der Waals surface area (Å²) < 4.78 is 0. The molecule has 0 unspecified atom stereocenters. The third kappa shape index (κ3) is 2.20. The lowest BCUT2D eigenvalue weighted by Crippen LogP contribution is -1.82. The van der Waals surface area contributed by atoms with Gasteiger partial charge in [-0.3, -0.25) is 15.2 Å². The maximum atomic E-state index is 9.81. The fraction of sp³-hybridized carbons (Fsp3) is 0. The second kappa shape index (κ2) is 4.41. The van der Waals surface area contributed by atoms with E-state index in [1.165, 1.54) is 6.20 Å². The highest BCUT2D eigenvalue weighted by atomic mass is 16.6. The summed E-state index contributed by atoms with van der Waals surface area (Å²) in [4.78, 5) is 9.30. The van der Waals surface area contributed by atoms with Crippen molar-refractivity contribution in [2.75, 3.05) is 0 Å². The Hall–Kier alpha value is -1.47.